The molecule has 0 aromatic heterocycles. The van der Waals surface area contributed by atoms with Crippen molar-refractivity contribution in [1.29, 1.82) is 0 Å². The lowest BCUT2D eigenvalue weighted by Crippen LogP contribution is -2.25. The number of fused-ring (bicyclic) bond motifs is 16. The first-order valence-corrected chi connectivity index (χ1v) is 29.8. The highest BCUT2D eigenvalue weighted by Crippen LogP contribution is 2.63. The van der Waals surface area contributed by atoms with Crippen LogP contribution in [-0.2, 0) is 16.2 Å². The van der Waals surface area contributed by atoms with Crippen molar-refractivity contribution < 1.29 is 0 Å². The monoisotopic (exact) mass is 1080 g/mol. The van der Waals surface area contributed by atoms with Crippen molar-refractivity contribution in [2.45, 2.75) is 64.7 Å². The summed E-state index contributed by atoms with van der Waals surface area (Å²) in [7, 11) is 0. The number of rotatable bonds is 8. The van der Waals surface area contributed by atoms with Gasteiger partial charge in [-0.25, -0.2) is 0 Å². The molecule has 0 bridgehead atoms. The van der Waals surface area contributed by atoms with Gasteiger partial charge in [-0.1, -0.05) is 227 Å². The van der Waals surface area contributed by atoms with E-state index in [9.17, 15) is 0 Å². The third kappa shape index (κ3) is 7.23. The van der Waals surface area contributed by atoms with Crippen LogP contribution in [0.25, 0.3) is 66.8 Å². The quantitative estimate of drug-likeness (QED) is 0.150. The first-order chi connectivity index (χ1) is 40.9. The van der Waals surface area contributed by atoms with Crippen LogP contribution in [0.1, 0.15) is 88.9 Å². The maximum atomic E-state index is 2.50. The molecule has 84 heavy (non-hydrogen) atoms. The summed E-state index contributed by atoms with van der Waals surface area (Å²) in [6.45, 7) is 16.3. The lowest BCUT2D eigenvalue weighted by Gasteiger charge is -2.31. The van der Waals surface area contributed by atoms with Gasteiger partial charge in [0.15, 0.2) is 0 Å². The SMILES string of the molecule is Cc1ccc2c(c1)C(C)(C)c1cc(N(c3ccc(-c4ccc(N(c5cccc(-c6ccccc6)c5)c5ccc6c(c5)-c5ccccc5C65c6ccccc6-c6ccccc65)cc4)c(C)c3)c3ccc4c(c3)C(C)(C)c3cc(C)ccc3-4)ccc1-2. The second-order valence-electron chi connectivity index (χ2n) is 25.1. The van der Waals surface area contributed by atoms with Crippen LogP contribution >= 0.6 is 0 Å². The molecule has 12 aromatic carbocycles. The Morgan fingerprint density at radius 1 is 0.226 bits per heavy atom. The third-order valence-electron chi connectivity index (χ3n) is 19.5. The highest BCUT2D eigenvalue weighted by molar-refractivity contribution is 5.97. The molecule has 2 heteroatoms. The van der Waals surface area contributed by atoms with Crippen LogP contribution in [0.3, 0.4) is 0 Å². The summed E-state index contributed by atoms with van der Waals surface area (Å²) in [6.07, 6.45) is 0. The Hall–Kier alpha value is -9.76. The molecule has 0 unspecified atom stereocenters. The van der Waals surface area contributed by atoms with Crippen LogP contribution in [0.2, 0.25) is 0 Å². The van der Waals surface area contributed by atoms with Gasteiger partial charge in [-0.3, -0.25) is 0 Å². The highest BCUT2D eigenvalue weighted by Gasteiger charge is 2.51. The van der Waals surface area contributed by atoms with Gasteiger partial charge < -0.3 is 9.80 Å². The Labute approximate surface area is 494 Å². The largest absolute Gasteiger partial charge is 0.310 e. The molecule has 0 atom stereocenters. The van der Waals surface area contributed by atoms with Gasteiger partial charge >= 0.3 is 0 Å². The summed E-state index contributed by atoms with van der Waals surface area (Å²) >= 11 is 0. The summed E-state index contributed by atoms with van der Waals surface area (Å²) in [5, 5.41) is 0. The van der Waals surface area contributed by atoms with Gasteiger partial charge in [-0.2, -0.15) is 0 Å². The number of anilines is 6. The van der Waals surface area contributed by atoms with E-state index >= 15 is 0 Å². The Kier molecular flexibility index (Phi) is 10.9. The van der Waals surface area contributed by atoms with Gasteiger partial charge in [0.2, 0.25) is 0 Å². The van der Waals surface area contributed by atoms with E-state index in [4.69, 9.17) is 0 Å². The average Bonchev–Trinajstić information content (AvgIpc) is 1.53. The molecule has 0 saturated carbocycles. The summed E-state index contributed by atoms with van der Waals surface area (Å²) in [5.74, 6) is 0. The molecule has 0 radical (unpaired) electrons. The van der Waals surface area contributed by atoms with E-state index in [-0.39, 0.29) is 10.8 Å². The topological polar surface area (TPSA) is 6.48 Å². The van der Waals surface area contributed by atoms with Crippen LogP contribution in [0.5, 0.6) is 0 Å². The molecule has 0 N–H and O–H groups in total. The van der Waals surface area contributed by atoms with Gasteiger partial charge in [-0.05, 0) is 210 Å². The minimum atomic E-state index is -0.407. The van der Waals surface area contributed by atoms with Crippen LogP contribution < -0.4 is 9.80 Å². The predicted molar refractivity (Wildman–Crippen MR) is 352 cm³/mol. The van der Waals surface area contributed by atoms with Crippen LogP contribution in [0.15, 0.2) is 261 Å². The fourth-order valence-corrected chi connectivity index (χ4v) is 15.4. The maximum Gasteiger partial charge on any atom is 0.0725 e. The van der Waals surface area contributed by atoms with Crippen LogP contribution in [-0.4, -0.2) is 0 Å². The van der Waals surface area contributed by atoms with E-state index in [1.807, 2.05) is 0 Å². The van der Waals surface area contributed by atoms with E-state index in [0.717, 1.165) is 34.1 Å². The van der Waals surface area contributed by atoms with Gasteiger partial charge in [0.25, 0.3) is 0 Å². The Bertz CT molecular complexity index is 4550. The molecule has 16 rings (SSSR count). The molecule has 0 saturated heterocycles. The fraction of sp³-hybridized carbons (Fsp3) is 0.122. The molecule has 0 amide bonds. The van der Waals surface area contributed by atoms with E-state index < -0.39 is 5.41 Å². The van der Waals surface area contributed by atoms with Crippen molar-refractivity contribution >= 4 is 34.1 Å². The fourth-order valence-electron chi connectivity index (χ4n) is 15.4. The van der Waals surface area contributed by atoms with Crippen molar-refractivity contribution in [3.05, 3.63) is 322 Å². The molecular weight excluding hydrogens is 1010 g/mol. The zero-order valence-electron chi connectivity index (χ0n) is 48.7. The number of hydrogen-bond acceptors (Lipinski definition) is 2. The van der Waals surface area contributed by atoms with Crippen molar-refractivity contribution in [3.8, 4) is 66.8 Å². The Balaban J connectivity index is 0.805. The zero-order valence-corrected chi connectivity index (χ0v) is 48.7. The van der Waals surface area contributed by atoms with Crippen LogP contribution in [0.4, 0.5) is 34.1 Å². The van der Waals surface area contributed by atoms with Crippen molar-refractivity contribution in [2.75, 3.05) is 9.80 Å². The molecule has 0 aliphatic heterocycles. The second-order valence-corrected chi connectivity index (χ2v) is 25.1. The van der Waals surface area contributed by atoms with E-state index in [1.165, 1.54) is 128 Å². The Morgan fingerprint density at radius 3 is 1.15 bits per heavy atom. The van der Waals surface area contributed by atoms with Gasteiger partial charge in [0.1, 0.15) is 0 Å². The van der Waals surface area contributed by atoms with Gasteiger partial charge in [0, 0.05) is 45.0 Å². The number of hydrogen-bond donors (Lipinski definition) is 0. The molecular formula is C82H64N2. The highest BCUT2D eigenvalue weighted by atomic mass is 15.1. The molecule has 2 nitrogen and oxygen atoms in total. The van der Waals surface area contributed by atoms with Crippen LogP contribution in [0, 0.1) is 20.8 Å². The van der Waals surface area contributed by atoms with Crippen molar-refractivity contribution in [1.82, 2.24) is 0 Å². The Morgan fingerprint density at radius 2 is 0.607 bits per heavy atom. The average molecular weight is 1080 g/mol. The number of aryl methyl sites for hydroxylation is 3. The molecule has 402 valence electrons. The lowest BCUT2D eigenvalue weighted by molar-refractivity contribution is 0.659. The summed E-state index contributed by atoms with van der Waals surface area (Å²) in [6, 6.07) is 98.8. The smallest absolute Gasteiger partial charge is 0.0725 e. The normalized spacial score (nSPS) is 14.4. The minimum absolute atomic E-state index is 0.145. The first kappa shape index (κ1) is 50.0. The third-order valence-corrected chi connectivity index (χ3v) is 19.5. The molecule has 4 aliphatic carbocycles. The summed E-state index contributed by atoms with van der Waals surface area (Å²) in [5.41, 5.74) is 36.1. The molecule has 0 fully saturated rings. The van der Waals surface area contributed by atoms with Crippen molar-refractivity contribution in [2.24, 2.45) is 0 Å². The van der Waals surface area contributed by atoms with E-state index in [1.54, 1.807) is 0 Å². The van der Waals surface area contributed by atoms with E-state index in [2.05, 4.69) is 319 Å². The summed E-state index contributed by atoms with van der Waals surface area (Å²) < 4.78 is 0. The number of benzene rings is 12. The van der Waals surface area contributed by atoms with E-state index in [0.29, 0.717) is 0 Å². The minimum Gasteiger partial charge on any atom is -0.310 e. The second kappa shape index (κ2) is 18.4. The molecule has 12 aromatic rings. The predicted octanol–water partition coefficient (Wildman–Crippen LogP) is 21.8. The molecule has 4 aliphatic rings. The lowest BCUT2D eigenvalue weighted by atomic mass is 9.70. The van der Waals surface area contributed by atoms with Crippen molar-refractivity contribution in [3.63, 3.8) is 0 Å². The summed E-state index contributed by atoms with van der Waals surface area (Å²) in [4.78, 5) is 4.95. The first-order valence-electron chi connectivity index (χ1n) is 29.8. The van der Waals surface area contributed by atoms with Gasteiger partial charge in [-0.15, -0.1) is 0 Å². The molecule has 0 heterocycles. The number of nitrogens with zero attached hydrogens (tertiary/aromatic N) is 2. The maximum absolute atomic E-state index is 2.50. The van der Waals surface area contributed by atoms with Gasteiger partial charge in [0.05, 0.1) is 5.41 Å². The molecule has 1 spiro atoms. The zero-order chi connectivity index (χ0) is 56.8. The standard InChI is InChI=1S/C82H64N2/c1-51-28-38-67-69-41-35-61(49-78(69)80(4,5)76(67)44-51)84(62-36-42-70-68-39-29-52(2)45-77(68)81(6,7)79(70)50-62)59-34-40-63(53(3)46-59)55-30-32-57(33-31-55)83(58-21-17-20-56(47-58)54-18-9-8-10-19-54)60-37-43-75-71(48-60)66-24-13-16-27-74(66)82(75)72-25-14-11-22-64(72)65-23-12-15-26-73(65)82/h8-50H,1-7H3.